The standard InChI is InChI=1S/C13H14Cl2N2S/c1-7-5-12(18-8(7)2)13(17-16)10-6-9(14)3-4-11(10)15/h3-6,13,17H,16H2,1-2H3. The van der Waals surface area contributed by atoms with Gasteiger partial charge in [0.15, 0.2) is 0 Å². The van der Waals surface area contributed by atoms with Crippen molar-refractivity contribution >= 4 is 34.5 Å². The lowest BCUT2D eigenvalue weighted by Crippen LogP contribution is -2.28. The van der Waals surface area contributed by atoms with Crippen molar-refractivity contribution in [2.45, 2.75) is 19.9 Å². The molecule has 2 rings (SSSR count). The van der Waals surface area contributed by atoms with E-state index in [2.05, 4.69) is 25.3 Å². The fourth-order valence-electron chi connectivity index (χ4n) is 1.81. The number of aryl methyl sites for hydroxylation is 2. The third-order valence-corrected chi connectivity index (χ3v) is 4.70. The van der Waals surface area contributed by atoms with Gasteiger partial charge in [-0.25, -0.2) is 5.43 Å². The first kappa shape index (κ1) is 13.8. The molecule has 2 aromatic rings. The van der Waals surface area contributed by atoms with E-state index in [1.807, 2.05) is 6.07 Å². The Hall–Kier alpha value is -0.580. The van der Waals surface area contributed by atoms with Gasteiger partial charge in [-0.15, -0.1) is 11.3 Å². The van der Waals surface area contributed by atoms with Gasteiger partial charge in [-0.05, 0) is 49.2 Å². The number of rotatable bonds is 3. The molecule has 0 radical (unpaired) electrons. The summed E-state index contributed by atoms with van der Waals surface area (Å²) < 4.78 is 0. The number of hydrogen-bond donors (Lipinski definition) is 2. The van der Waals surface area contributed by atoms with Gasteiger partial charge in [0.1, 0.15) is 0 Å². The van der Waals surface area contributed by atoms with Crippen LogP contribution in [0, 0.1) is 13.8 Å². The first-order valence-electron chi connectivity index (χ1n) is 5.51. The average Bonchev–Trinajstić information content (AvgIpc) is 2.65. The molecule has 0 fully saturated rings. The minimum absolute atomic E-state index is 0.131. The second-order valence-corrected chi connectivity index (χ2v) is 6.29. The van der Waals surface area contributed by atoms with Gasteiger partial charge in [0, 0.05) is 19.8 Å². The lowest BCUT2D eigenvalue weighted by atomic mass is 10.1. The van der Waals surface area contributed by atoms with Gasteiger partial charge in [0.25, 0.3) is 0 Å². The molecule has 0 spiro atoms. The third-order valence-electron chi connectivity index (χ3n) is 2.91. The van der Waals surface area contributed by atoms with Crippen molar-refractivity contribution in [2.75, 3.05) is 0 Å². The van der Waals surface area contributed by atoms with Crippen LogP contribution in [-0.4, -0.2) is 0 Å². The molecule has 0 saturated carbocycles. The van der Waals surface area contributed by atoms with Crippen molar-refractivity contribution in [3.05, 3.63) is 55.2 Å². The highest BCUT2D eigenvalue weighted by molar-refractivity contribution is 7.12. The maximum absolute atomic E-state index is 6.22. The second-order valence-electron chi connectivity index (χ2n) is 4.15. The number of nitrogens with one attached hydrogen (secondary N) is 1. The molecule has 18 heavy (non-hydrogen) atoms. The van der Waals surface area contributed by atoms with Gasteiger partial charge in [-0.3, -0.25) is 5.84 Å². The summed E-state index contributed by atoms with van der Waals surface area (Å²) in [5.74, 6) is 5.67. The summed E-state index contributed by atoms with van der Waals surface area (Å²) in [6.07, 6.45) is 0. The van der Waals surface area contributed by atoms with Crippen LogP contribution in [0.15, 0.2) is 24.3 Å². The maximum Gasteiger partial charge on any atom is 0.0817 e. The van der Waals surface area contributed by atoms with Gasteiger partial charge in [-0.2, -0.15) is 0 Å². The van der Waals surface area contributed by atoms with E-state index in [1.165, 1.54) is 10.4 Å². The molecule has 1 aromatic carbocycles. The number of benzene rings is 1. The molecule has 0 aliphatic heterocycles. The molecule has 1 unspecified atom stereocenters. The number of hydrazine groups is 1. The molecule has 0 amide bonds. The Morgan fingerprint density at radius 2 is 1.94 bits per heavy atom. The van der Waals surface area contributed by atoms with Crippen LogP contribution in [-0.2, 0) is 0 Å². The van der Waals surface area contributed by atoms with Gasteiger partial charge >= 0.3 is 0 Å². The number of nitrogens with two attached hydrogens (primary N) is 1. The Morgan fingerprint density at radius 1 is 1.22 bits per heavy atom. The molecule has 5 heteroatoms. The number of hydrogen-bond acceptors (Lipinski definition) is 3. The average molecular weight is 301 g/mol. The zero-order valence-corrected chi connectivity index (χ0v) is 12.5. The highest BCUT2D eigenvalue weighted by Crippen LogP contribution is 2.34. The summed E-state index contributed by atoms with van der Waals surface area (Å²) >= 11 is 13.9. The zero-order chi connectivity index (χ0) is 13.3. The molecule has 2 nitrogen and oxygen atoms in total. The van der Waals surface area contributed by atoms with Crippen LogP contribution in [0.3, 0.4) is 0 Å². The molecule has 96 valence electrons. The van der Waals surface area contributed by atoms with E-state index in [-0.39, 0.29) is 6.04 Å². The quantitative estimate of drug-likeness (QED) is 0.658. The van der Waals surface area contributed by atoms with E-state index in [4.69, 9.17) is 29.0 Å². The van der Waals surface area contributed by atoms with Crippen LogP contribution in [0.5, 0.6) is 0 Å². The minimum atomic E-state index is -0.131. The highest BCUT2D eigenvalue weighted by Gasteiger charge is 2.18. The van der Waals surface area contributed by atoms with Crippen molar-refractivity contribution in [3.8, 4) is 0 Å². The smallest absolute Gasteiger partial charge is 0.0817 e. The van der Waals surface area contributed by atoms with Crippen molar-refractivity contribution in [2.24, 2.45) is 5.84 Å². The molecular formula is C13H14Cl2N2S. The SMILES string of the molecule is Cc1cc(C(NN)c2cc(Cl)ccc2Cl)sc1C. The summed E-state index contributed by atoms with van der Waals surface area (Å²) in [7, 11) is 0. The molecule has 1 heterocycles. The number of halogens is 2. The Kier molecular flexibility index (Phi) is 4.30. The third kappa shape index (κ3) is 2.71. The molecule has 1 aromatic heterocycles. The zero-order valence-electron chi connectivity index (χ0n) is 10.1. The first-order valence-corrected chi connectivity index (χ1v) is 7.08. The van der Waals surface area contributed by atoms with Crippen molar-refractivity contribution in [1.29, 1.82) is 0 Å². The van der Waals surface area contributed by atoms with E-state index in [0.717, 1.165) is 10.4 Å². The maximum atomic E-state index is 6.22. The Bertz CT molecular complexity index is 547. The minimum Gasteiger partial charge on any atom is -0.271 e. The van der Waals surface area contributed by atoms with Gasteiger partial charge in [-0.1, -0.05) is 23.2 Å². The summed E-state index contributed by atoms with van der Waals surface area (Å²) in [5, 5.41) is 1.31. The fourth-order valence-corrected chi connectivity index (χ4v) is 3.33. The van der Waals surface area contributed by atoms with E-state index >= 15 is 0 Å². The van der Waals surface area contributed by atoms with Crippen LogP contribution in [0.1, 0.15) is 26.9 Å². The van der Waals surface area contributed by atoms with Crippen molar-refractivity contribution in [3.63, 3.8) is 0 Å². The first-order chi connectivity index (χ1) is 8.52. The van der Waals surface area contributed by atoms with Gasteiger partial charge < -0.3 is 0 Å². The predicted octanol–water partition coefficient (Wildman–Crippen LogP) is 4.22. The lowest BCUT2D eigenvalue weighted by Gasteiger charge is -2.16. The van der Waals surface area contributed by atoms with Crippen LogP contribution in [0.4, 0.5) is 0 Å². The van der Waals surface area contributed by atoms with Crippen molar-refractivity contribution in [1.82, 2.24) is 5.43 Å². The number of thiophene rings is 1. The summed E-state index contributed by atoms with van der Waals surface area (Å²) in [6.45, 7) is 4.18. The summed E-state index contributed by atoms with van der Waals surface area (Å²) in [4.78, 5) is 2.42. The largest absolute Gasteiger partial charge is 0.271 e. The molecule has 0 bridgehead atoms. The topological polar surface area (TPSA) is 38.0 Å². The lowest BCUT2D eigenvalue weighted by molar-refractivity contribution is 0.646. The highest BCUT2D eigenvalue weighted by atomic mass is 35.5. The van der Waals surface area contributed by atoms with E-state index in [9.17, 15) is 0 Å². The molecule has 3 N–H and O–H groups in total. The van der Waals surface area contributed by atoms with E-state index in [1.54, 1.807) is 23.5 Å². The van der Waals surface area contributed by atoms with E-state index < -0.39 is 0 Å². The van der Waals surface area contributed by atoms with Crippen LogP contribution < -0.4 is 11.3 Å². The Labute approximate surface area is 121 Å². The Morgan fingerprint density at radius 3 is 2.50 bits per heavy atom. The summed E-state index contributed by atoms with van der Waals surface area (Å²) in [5.41, 5.74) is 4.96. The van der Waals surface area contributed by atoms with Crippen LogP contribution in [0.25, 0.3) is 0 Å². The monoisotopic (exact) mass is 300 g/mol. The molecule has 1 atom stereocenters. The molecule has 0 aliphatic rings. The predicted molar refractivity (Wildman–Crippen MR) is 79.4 cm³/mol. The van der Waals surface area contributed by atoms with Gasteiger partial charge in [0.2, 0.25) is 0 Å². The van der Waals surface area contributed by atoms with Gasteiger partial charge in [0.05, 0.1) is 6.04 Å². The van der Waals surface area contributed by atoms with Crippen molar-refractivity contribution < 1.29 is 0 Å². The normalized spacial score (nSPS) is 12.7. The fraction of sp³-hybridized carbons (Fsp3) is 0.231. The molecule has 0 saturated heterocycles. The van der Waals surface area contributed by atoms with Crippen LogP contribution >= 0.6 is 34.5 Å². The summed E-state index contributed by atoms with van der Waals surface area (Å²) in [6, 6.07) is 7.40. The Balaban J connectivity index is 2.48. The second kappa shape index (κ2) is 5.59. The molecular weight excluding hydrogens is 287 g/mol. The van der Waals surface area contributed by atoms with E-state index in [0.29, 0.717) is 10.0 Å². The van der Waals surface area contributed by atoms with Crippen LogP contribution in [0.2, 0.25) is 10.0 Å². The molecule has 0 aliphatic carbocycles.